The van der Waals surface area contributed by atoms with Gasteiger partial charge in [0.05, 0.1) is 24.2 Å². The fraction of sp³-hybridized carbons (Fsp3) is 0.568. The zero-order valence-electron chi connectivity index (χ0n) is 55.8. The molecule has 7 rings (SSSR count). The minimum absolute atomic E-state index is 0.0322. The van der Waals surface area contributed by atoms with Crippen LogP contribution in [0.3, 0.4) is 0 Å². The molecule has 4 unspecified atom stereocenters. The molecule has 488 valence electrons. The van der Waals surface area contributed by atoms with Crippen LogP contribution >= 0.6 is 0 Å². The molecule has 8 bridgehead atoms. The third kappa shape index (κ3) is 18.9. The van der Waals surface area contributed by atoms with Gasteiger partial charge in [0, 0.05) is 95.0 Å². The second kappa shape index (κ2) is 30.6. The molecular formula is C74H100N4O12. The molecule has 3 aliphatic rings. The van der Waals surface area contributed by atoms with E-state index in [1.165, 1.54) is 0 Å². The van der Waals surface area contributed by atoms with Crippen LogP contribution in [0, 0.1) is 5.92 Å². The minimum atomic E-state index is -0.522. The molecule has 1 aliphatic heterocycles. The number of ether oxygens (including phenoxy) is 4. The summed E-state index contributed by atoms with van der Waals surface area (Å²) in [5.74, 6) is -0.313. The van der Waals surface area contributed by atoms with Crippen LogP contribution in [0.25, 0.3) is 0 Å². The van der Waals surface area contributed by atoms with Gasteiger partial charge in [-0.15, -0.1) is 0 Å². The number of aromatic hydroxyl groups is 4. The first-order valence-electron chi connectivity index (χ1n) is 32.9. The standard InChI is InChI=1S/C74H100N4O12/c1-14-50(15-2)74(12,13)58-41-54-37-49(70(58)86)45-78-62-29-25-24-28-61(62)77-44-48-36-53(40-57(69(48)85)73(9,10)11)88-64(80)31-19-16-18-30-63(79)87-51-34-46(67(83)55(38-51)71(3,4)5)42-75-59-26-22-23-27-60(59)76-43-47-35-52(39-56(68(47)84)72(6,7)8)89-65(81)32-20-17-21-33-66(82)90-54/h34-45,50,59-62,83-86H,14-33H2,1-13H3. The number of benzene rings is 4. The number of nitrogens with zero attached hydrogens (tertiary/aromatic N) is 4. The van der Waals surface area contributed by atoms with Crippen molar-refractivity contribution in [2.45, 2.75) is 264 Å². The first-order chi connectivity index (χ1) is 42.5. The van der Waals surface area contributed by atoms with Crippen molar-refractivity contribution >= 4 is 48.7 Å². The van der Waals surface area contributed by atoms with Crippen LogP contribution in [0.15, 0.2) is 68.5 Å². The van der Waals surface area contributed by atoms with Crippen LogP contribution in [0.4, 0.5) is 0 Å². The van der Waals surface area contributed by atoms with Gasteiger partial charge in [0.15, 0.2) is 0 Å². The van der Waals surface area contributed by atoms with Crippen molar-refractivity contribution < 1.29 is 58.6 Å². The molecule has 2 saturated carbocycles. The molecule has 0 spiro atoms. The number of carbonyl (C=O) groups excluding carboxylic acids is 4. The van der Waals surface area contributed by atoms with Gasteiger partial charge in [-0.05, 0) is 127 Å². The van der Waals surface area contributed by atoms with Crippen molar-refractivity contribution in [2.24, 2.45) is 25.9 Å². The van der Waals surface area contributed by atoms with E-state index >= 15 is 0 Å². The first-order valence-corrected chi connectivity index (χ1v) is 32.9. The fourth-order valence-corrected chi connectivity index (χ4v) is 12.6. The number of fused-ring (bicyclic) bond motifs is 10. The van der Waals surface area contributed by atoms with Crippen molar-refractivity contribution in [1.82, 2.24) is 0 Å². The van der Waals surface area contributed by atoms with Crippen molar-refractivity contribution in [3.05, 3.63) is 93.0 Å². The Morgan fingerprint density at radius 1 is 0.367 bits per heavy atom. The lowest BCUT2D eigenvalue weighted by atomic mass is 9.70. The van der Waals surface area contributed by atoms with E-state index in [1.807, 2.05) is 62.3 Å². The molecule has 0 saturated heterocycles. The number of phenolic OH excluding ortho intramolecular Hbond substituents is 4. The number of hydrogen-bond donors (Lipinski definition) is 4. The van der Waals surface area contributed by atoms with Gasteiger partial charge in [-0.2, -0.15) is 0 Å². The second-order valence-electron chi connectivity index (χ2n) is 28.6. The molecule has 1 heterocycles. The van der Waals surface area contributed by atoms with Gasteiger partial charge >= 0.3 is 23.9 Å². The predicted molar refractivity (Wildman–Crippen MR) is 357 cm³/mol. The highest BCUT2D eigenvalue weighted by Crippen LogP contribution is 2.45. The number of esters is 4. The normalized spacial score (nSPS) is 20.6. The molecule has 16 heteroatoms. The zero-order chi connectivity index (χ0) is 65.7. The van der Waals surface area contributed by atoms with E-state index in [1.54, 1.807) is 73.4 Å². The smallest absolute Gasteiger partial charge is 0.311 e. The average molecular weight is 1240 g/mol. The maximum atomic E-state index is 13.6. The number of aliphatic imine (C=N–C) groups is 4. The molecule has 0 radical (unpaired) electrons. The molecule has 90 heavy (non-hydrogen) atoms. The SMILES string of the molecule is CCC(CC)C(C)(C)c1cc2cc(c1O)C=NC1CCCCC1N=Cc1cc(cc(C(C)(C)C)c1O)OC(=O)CCCCCC(=O)Oc1cc(c(O)c(C(C)(C)C)c1)C=NC1CCCCC1N=Cc1cc(cc(C(C)(C)C)c1O)OC(=O)CCCCCC(=O)O2. The summed E-state index contributed by atoms with van der Waals surface area (Å²) >= 11 is 0. The molecule has 4 aromatic carbocycles. The number of rotatable bonds is 4. The van der Waals surface area contributed by atoms with Gasteiger partial charge in [-0.1, -0.05) is 141 Å². The first kappa shape index (κ1) is 70.1. The Morgan fingerprint density at radius 2 is 0.600 bits per heavy atom. The monoisotopic (exact) mass is 1240 g/mol. The summed E-state index contributed by atoms with van der Waals surface area (Å²) in [6.07, 6.45) is 18.2. The highest BCUT2D eigenvalue weighted by Gasteiger charge is 2.34. The van der Waals surface area contributed by atoms with Crippen molar-refractivity contribution in [2.75, 3.05) is 0 Å². The van der Waals surface area contributed by atoms with E-state index in [2.05, 4.69) is 27.7 Å². The lowest BCUT2D eigenvalue weighted by molar-refractivity contribution is -0.136. The third-order valence-corrected chi connectivity index (χ3v) is 18.0. The Labute approximate surface area is 534 Å². The maximum Gasteiger partial charge on any atom is 0.311 e. The maximum absolute atomic E-state index is 13.6. The molecule has 2 fully saturated rings. The Morgan fingerprint density at radius 3 is 0.833 bits per heavy atom. The summed E-state index contributed by atoms with van der Waals surface area (Å²) in [5.41, 5.74) is 1.94. The van der Waals surface area contributed by atoms with E-state index < -0.39 is 45.5 Å². The van der Waals surface area contributed by atoms with Crippen LogP contribution in [0.5, 0.6) is 46.0 Å². The Balaban J connectivity index is 1.18. The van der Waals surface area contributed by atoms with Crippen molar-refractivity contribution in [3.63, 3.8) is 0 Å². The van der Waals surface area contributed by atoms with Crippen LogP contribution in [0.1, 0.15) is 263 Å². The van der Waals surface area contributed by atoms with Gasteiger partial charge in [-0.3, -0.25) is 39.1 Å². The van der Waals surface area contributed by atoms with Crippen molar-refractivity contribution in [3.8, 4) is 46.0 Å². The molecule has 0 aromatic heterocycles. The largest absolute Gasteiger partial charge is 0.507 e. The van der Waals surface area contributed by atoms with E-state index in [9.17, 15) is 39.6 Å². The topological polar surface area (TPSA) is 236 Å². The van der Waals surface area contributed by atoms with Crippen LogP contribution in [0.2, 0.25) is 0 Å². The highest BCUT2D eigenvalue weighted by atomic mass is 16.5. The quantitative estimate of drug-likeness (QED) is 0.110. The second-order valence-corrected chi connectivity index (χ2v) is 28.6. The Bertz CT molecular complexity index is 3310. The van der Waals surface area contributed by atoms with E-state index in [0.29, 0.717) is 88.8 Å². The number of carbonyl (C=O) groups is 4. The van der Waals surface area contributed by atoms with Gasteiger partial charge in [0.25, 0.3) is 0 Å². The molecule has 4 atom stereocenters. The summed E-state index contributed by atoms with van der Waals surface area (Å²) in [6, 6.07) is 12.2. The summed E-state index contributed by atoms with van der Waals surface area (Å²) in [7, 11) is 0. The molecular weight excluding hydrogens is 1140 g/mol. The van der Waals surface area contributed by atoms with E-state index in [-0.39, 0.29) is 96.0 Å². The van der Waals surface area contributed by atoms with E-state index in [0.717, 1.165) is 64.2 Å². The van der Waals surface area contributed by atoms with Gasteiger partial charge in [-0.25, -0.2) is 0 Å². The number of hydrogen-bond acceptors (Lipinski definition) is 16. The summed E-state index contributed by atoms with van der Waals surface area (Å²) < 4.78 is 23.8. The molecule has 16 nitrogen and oxygen atoms in total. The Kier molecular flexibility index (Phi) is 23.9. The van der Waals surface area contributed by atoms with Crippen LogP contribution in [-0.4, -0.2) is 93.3 Å². The Hall–Kier alpha value is -7.36. The fourth-order valence-electron chi connectivity index (χ4n) is 12.6. The lowest BCUT2D eigenvalue weighted by Gasteiger charge is -2.35. The van der Waals surface area contributed by atoms with E-state index in [4.69, 9.17) is 38.9 Å². The van der Waals surface area contributed by atoms with Gasteiger partial charge < -0.3 is 39.4 Å². The molecule has 2 aliphatic carbocycles. The van der Waals surface area contributed by atoms with Crippen LogP contribution < -0.4 is 18.9 Å². The average Bonchev–Trinajstić information content (AvgIpc) is 1.24. The summed E-state index contributed by atoms with van der Waals surface area (Å²) in [4.78, 5) is 73.9. The lowest BCUT2D eigenvalue weighted by Crippen LogP contribution is -2.28. The summed E-state index contributed by atoms with van der Waals surface area (Å²) in [6.45, 7) is 26.2. The highest BCUT2D eigenvalue weighted by molar-refractivity contribution is 5.89. The molecule has 0 amide bonds. The van der Waals surface area contributed by atoms with Crippen LogP contribution in [-0.2, 0) is 40.8 Å². The third-order valence-electron chi connectivity index (χ3n) is 18.0. The zero-order valence-corrected chi connectivity index (χ0v) is 55.8. The van der Waals surface area contributed by atoms with Gasteiger partial charge in [0.2, 0.25) is 0 Å². The molecule has 4 N–H and O–H groups in total. The predicted octanol–water partition coefficient (Wildman–Crippen LogP) is 16.1. The minimum Gasteiger partial charge on any atom is -0.507 e. The van der Waals surface area contributed by atoms with Gasteiger partial charge in [0.1, 0.15) is 46.0 Å². The molecule has 4 aromatic rings. The van der Waals surface area contributed by atoms with Crippen molar-refractivity contribution in [1.29, 1.82) is 0 Å². The number of phenols is 4. The summed E-state index contributed by atoms with van der Waals surface area (Å²) in [5, 5.41) is 47.0.